The zero-order chi connectivity index (χ0) is 21.3. The van der Waals surface area contributed by atoms with Crippen molar-refractivity contribution in [1.29, 1.82) is 0 Å². The molecule has 0 saturated heterocycles. The summed E-state index contributed by atoms with van der Waals surface area (Å²) in [6, 6.07) is 0.123. The van der Waals surface area contributed by atoms with Crippen molar-refractivity contribution in [2.45, 2.75) is 142 Å². The van der Waals surface area contributed by atoms with Crippen molar-refractivity contribution in [3.8, 4) is 0 Å². The van der Waals surface area contributed by atoms with Gasteiger partial charge in [-0.15, -0.1) is 0 Å². The minimum absolute atomic E-state index is 0.123. The molecule has 0 amide bonds. The molecule has 0 aromatic carbocycles. The molecule has 0 aliphatic carbocycles. The molecule has 0 heterocycles. The largest absolute Gasteiger partial charge is 0.492 e. The molecule has 0 radical (unpaired) electrons. The number of unbranched alkanes of at least 4 members (excludes halogenated alkanes) is 13. The van der Waals surface area contributed by atoms with Crippen molar-refractivity contribution >= 4 is 8.80 Å². The maximum Gasteiger partial charge on any atom is 0.492 e. The number of hydrogen-bond acceptors (Lipinski definition) is 4. The fourth-order valence-electron chi connectivity index (χ4n) is 4.06. The summed E-state index contributed by atoms with van der Waals surface area (Å²) in [5.41, 5.74) is 6.06. The summed E-state index contributed by atoms with van der Waals surface area (Å²) >= 11 is 0. The Morgan fingerprint density at radius 3 is 1.36 bits per heavy atom. The molecule has 0 aliphatic rings. The van der Waals surface area contributed by atoms with E-state index in [1.807, 2.05) is 0 Å². The van der Waals surface area contributed by atoms with Gasteiger partial charge in [0.15, 0.2) is 0 Å². The monoisotopic (exact) mass is 417 g/mol. The van der Waals surface area contributed by atoms with Crippen LogP contribution in [0.2, 0.25) is 6.04 Å². The van der Waals surface area contributed by atoms with Gasteiger partial charge in [-0.2, -0.15) is 0 Å². The minimum Gasteiger partial charge on any atom is -0.390 e. The normalized spacial score (nSPS) is 13.8. The fraction of sp³-hybridized carbons (Fsp3) is 1.00. The van der Waals surface area contributed by atoms with E-state index in [4.69, 9.17) is 20.1 Å². The first-order valence-corrected chi connectivity index (χ1v) is 14.2. The maximum atomic E-state index is 9.16. The van der Waals surface area contributed by atoms with Gasteiger partial charge in [0.2, 0.25) is 0 Å². The molecule has 1 atom stereocenters. The Kier molecular flexibility index (Phi) is 16.8. The summed E-state index contributed by atoms with van der Waals surface area (Å²) in [4.78, 5) is 27.5. The fourth-order valence-corrected chi connectivity index (χ4v) is 4.74. The van der Waals surface area contributed by atoms with Crippen LogP contribution in [-0.2, 0) is 0 Å². The lowest BCUT2D eigenvalue weighted by molar-refractivity contribution is 0.218. The second-order valence-electron chi connectivity index (χ2n) is 9.57. The van der Waals surface area contributed by atoms with E-state index in [2.05, 4.69) is 20.8 Å². The molecule has 0 rings (SSSR count). The third kappa shape index (κ3) is 19.4. The molecule has 5 N–H and O–H groups in total. The van der Waals surface area contributed by atoms with Crippen LogP contribution >= 0.6 is 0 Å². The smallest absolute Gasteiger partial charge is 0.390 e. The zero-order valence-corrected chi connectivity index (χ0v) is 20.2. The van der Waals surface area contributed by atoms with Crippen LogP contribution in [0.25, 0.3) is 0 Å². The summed E-state index contributed by atoms with van der Waals surface area (Å²) in [6.07, 6.45) is 21.7. The third-order valence-electron chi connectivity index (χ3n) is 6.02. The lowest BCUT2D eigenvalue weighted by Gasteiger charge is -2.31. The van der Waals surface area contributed by atoms with Crippen molar-refractivity contribution in [3.63, 3.8) is 0 Å². The molecule has 0 aromatic rings. The lowest BCUT2D eigenvalue weighted by Crippen LogP contribution is -2.41. The molecule has 0 aliphatic heterocycles. The summed E-state index contributed by atoms with van der Waals surface area (Å²) in [5.74, 6) is 0.376. The summed E-state index contributed by atoms with van der Waals surface area (Å²) in [5, 5.41) is 0. The standard InChI is InChI=1S/C23H51NO3Si/c1-4-5-6-7-8-9-10-11-12-13-14-15-16-17-19-22(23(2,3)24)20-18-21-28(25,26)27/h22,25-27H,4-21,24H2,1-3H3. The van der Waals surface area contributed by atoms with Gasteiger partial charge < -0.3 is 20.1 Å². The highest BCUT2D eigenvalue weighted by Gasteiger charge is 2.29. The quantitative estimate of drug-likeness (QED) is 0.146. The third-order valence-corrected chi connectivity index (χ3v) is 7.05. The van der Waals surface area contributed by atoms with Gasteiger partial charge in [-0.3, -0.25) is 0 Å². The molecule has 0 saturated carbocycles. The van der Waals surface area contributed by atoms with Crippen LogP contribution in [0.3, 0.4) is 0 Å². The molecular formula is C23H51NO3Si. The van der Waals surface area contributed by atoms with E-state index in [1.165, 1.54) is 89.9 Å². The molecule has 0 aromatic heterocycles. The van der Waals surface area contributed by atoms with Crippen molar-refractivity contribution in [2.24, 2.45) is 11.7 Å². The average Bonchev–Trinajstić information content (AvgIpc) is 2.58. The van der Waals surface area contributed by atoms with Gasteiger partial charge >= 0.3 is 8.80 Å². The van der Waals surface area contributed by atoms with Gasteiger partial charge in [-0.05, 0) is 39.0 Å². The molecule has 0 spiro atoms. The first kappa shape index (κ1) is 28.1. The Balaban J connectivity index is 3.57. The Hall–Kier alpha value is 0.0569. The zero-order valence-electron chi connectivity index (χ0n) is 19.2. The predicted octanol–water partition coefficient (Wildman–Crippen LogP) is 5.91. The van der Waals surface area contributed by atoms with Gasteiger partial charge in [-0.1, -0.05) is 96.8 Å². The van der Waals surface area contributed by atoms with E-state index in [9.17, 15) is 0 Å². The number of hydrogen-bond donors (Lipinski definition) is 4. The number of rotatable bonds is 20. The van der Waals surface area contributed by atoms with Crippen molar-refractivity contribution in [2.75, 3.05) is 0 Å². The van der Waals surface area contributed by atoms with Crippen molar-refractivity contribution in [3.05, 3.63) is 0 Å². The van der Waals surface area contributed by atoms with Gasteiger partial charge in [0.05, 0.1) is 0 Å². The number of nitrogens with two attached hydrogens (primary N) is 1. The van der Waals surface area contributed by atoms with Crippen LogP contribution in [0.5, 0.6) is 0 Å². The van der Waals surface area contributed by atoms with Crippen LogP contribution in [0.15, 0.2) is 0 Å². The van der Waals surface area contributed by atoms with E-state index < -0.39 is 8.80 Å². The van der Waals surface area contributed by atoms with Gasteiger partial charge in [0, 0.05) is 11.6 Å². The Morgan fingerprint density at radius 2 is 1.00 bits per heavy atom. The molecule has 5 heteroatoms. The first-order valence-electron chi connectivity index (χ1n) is 12.1. The molecule has 1 unspecified atom stereocenters. The highest BCUT2D eigenvalue weighted by molar-refractivity contribution is 6.56. The average molecular weight is 418 g/mol. The van der Waals surface area contributed by atoms with E-state index >= 15 is 0 Å². The maximum absolute atomic E-state index is 9.16. The molecular weight excluding hydrogens is 366 g/mol. The van der Waals surface area contributed by atoms with Gasteiger partial charge in [0.1, 0.15) is 0 Å². The predicted molar refractivity (Wildman–Crippen MR) is 123 cm³/mol. The van der Waals surface area contributed by atoms with Crippen LogP contribution in [0.1, 0.15) is 130 Å². The Bertz CT molecular complexity index is 340. The second-order valence-corrected chi connectivity index (χ2v) is 11.6. The minimum atomic E-state index is -3.90. The highest BCUT2D eigenvalue weighted by Crippen LogP contribution is 2.27. The molecule has 0 fully saturated rings. The van der Waals surface area contributed by atoms with Gasteiger partial charge in [-0.25, -0.2) is 0 Å². The van der Waals surface area contributed by atoms with Crippen molar-refractivity contribution < 1.29 is 14.4 Å². The van der Waals surface area contributed by atoms with E-state index in [0.29, 0.717) is 12.3 Å². The molecule has 0 bridgehead atoms. The van der Waals surface area contributed by atoms with Crippen LogP contribution in [-0.4, -0.2) is 28.7 Å². The van der Waals surface area contributed by atoms with Crippen LogP contribution < -0.4 is 5.73 Å². The lowest BCUT2D eigenvalue weighted by atomic mass is 9.81. The Labute approximate surface area is 176 Å². The highest BCUT2D eigenvalue weighted by atomic mass is 28.4. The Morgan fingerprint density at radius 1 is 0.643 bits per heavy atom. The van der Waals surface area contributed by atoms with Gasteiger partial charge in [0.25, 0.3) is 0 Å². The summed E-state index contributed by atoms with van der Waals surface area (Å²) in [6.45, 7) is 6.39. The second kappa shape index (κ2) is 16.8. The molecule has 4 nitrogen and oxygen atoms in total. The van der Waals surface area contributed by atoms with E-state index in [1.54, 1.807) is 0 Å². The van der Waals surface area contributed by atoms with Crippen molar-refractivity contribution in [1.82, 2.24) is 0 Å². The SMILES string of the molecule is CCCCCCCCCCCCCCCCC(CCC[Si](O)(O)O)C(C)(C)N. The topological polar surface area (TPSA) is 86.7 Å². The van der Waals surface area contributed by atoms with E-state index in [-0.39, 0.29) is 11.6 Å². The van der Waals surface area contributed by atoms with E-state index in [0.717, 1.165) is 12.8 Å². The first-order chi connectivity index (χ1) is 13.2. The summed E-state index contributed by atoms with van der Waals surface area (Å²) < 4.78 is 0. The summed E-state index contributed by atoms with van der Waals surface area (Å²) in [7, 11) is -3.90. The molecule has 170 valence electrons. The molecule has 28 heavy (non-hydrogen) atoms. The van der Waals surface area contributed by atoms with Crippen LogP contribution in [0.4, 0.5) is 0 Å². The van der Waals surface area contributed by atoms with Crippen LogP contribution in [0, 0.1) is 5.92 Å².